The predicted octanol–water partition coefficient (Wildman–Crippen LogP) is 2.59. The van der Waals surface area contributed by atoms with Crippen LogP contribution in [-0.4, -0.2) is 23.5 Å². The van der Waals surface area contributed by atoms with Gasteiger partial charge in [0.05, 0.1) is 5.56 Å². The predicted molar refractivity (Wildman–Crippen MR) is 75.2 cm³/mol. The molecule has 2 aromatic carbocycles. The molecule has 100 valence electrons. The minimum absolute atomic E-state index is 0.0908. The summed E-state index contributed by atoms with van der Waals surface area (Å²) in [6, 6.07) is 13.9. The van der Waals surface area contributed by atoms with Crippen LogP contribution in [0.15, 0.2) is 48.5 Å². The maximum Gasteiger partial charge on any atom is 0.335 e. The lowest BCUT2D eigenvalue weighted by Crippen LogP contribution is -2.28. The summed E-state index contributed by atoms with van der Waals surface area (Å²) in [5, 5.41) is 8.86. The monoisotopic (exact) mass is 267 g/mol. The SMILES string of the molecule is O=C(O)c1ccc(C(=O)N2CCc3ccccc32)cc1. The highest BCUT2D eigenvalue weighted by Gasteiger charge is 2.25. The van der Waals surface area contributed by atoms with Crippen molar-refractivity contribution in [3.05, 3.63) is 65.2 Å². The fourth-order valence-corrected chi connectivity index (χ4v) is 2.46. The minimum atomic E-state index is -0.990. The van der Waals surface area contributed by atoms with Crippen LogP contribution in [0, 0.1) is 0 Å². The summed E-state index contributed by atoms with van der Waals surface area (Å²) in [7, 11) is 0. The van der Waals surface area contributed by atoms with Crippen molar-refractivity contribution in [1.82, 2.24) is 0 Å². The van der Waals surface area contributed by atoms with Crippen LogP contribution >= 0.6 is 0 Å². The molecular formula is C16H13NO3. The second-order valence-electron chi connectivity index (χ2n) is 4.72. The quantitative estimate of drug-likeness (QED) is 0.909. The zero-order chi connectivity index (χ0) is 14.1. The van der Waals surface area contributed by atoms with Crippen molar-refractivity contribution in [2.24, 2.45) is 0 Å². The van der Waals surface area contributed by atoms with Gasteiger partial charge in [-0.2, -0.15) is 0 Å². The molecule has 0 bridgehead atoms. The smallest absolute Gasteiger partial charge is 0.335 e. The minimum Gasteiger partial charge on any atom is -0.478 e. The first-order valence-corrected chi connectivity index (χ1v) is 6.40. The molecule has 0 unspecified atom stereocenters. The molecule has 3 rings (SSSR count). The fraction of sp³-hybridized carbons (Fsp3) is 0.125. The first-order valence-electron chi connectivity index (χ1n) is 6.40. The fourth-order valence-electron chi connectivity index (χ4n) is 2.46. The molecule has 0 spiro atoms. The zero-order valence-corrected chi connectivity index (χ0v) is 10.7. The van der Waals surface area contributed by atoms with Crippen LogP contribution in [0.1, 0.15) is 26.3 Å². The molecule has 1 N–H and O–H groups in total. The van der Waals surface area contributed by atoms with Gasteiger partial charge in [-0.15, -0.1) is 0 Å². The van der Waals surface area contributed by atoms with Crippen LogP contribution in [0.25, 0.3) is 0 Å². The molecule has 0 radical (unpaired) electrons. The number of nitrogens with zero attached hydrogens (tertiary/aromatic N) is 1. The van der Waals surface area contributed by atoms with Crippen LogP contribution in [0.2, 0.25) is 0 Å². The third-order valence-electron chi connectivity index (χ3n) is 3.51. The van der Waals surface area contributed by atoms with Gasteiger partial charge >= 0.3 is 5.97 Å². The molecule has 4 nitrogen and oxygen atoms in total. The van der Waals surface area contributed by atoms with Gasteiger partial charge in [-0.1, -0.05) is 18.2 Å². The Morgan fingerprint density at radius 1 is 0.950 bits per heavy atom. The Bertz CT molecular complexity index is 676. The lowest BCUT2D eigenvalue weighted by molar-refractivity contribution is 0.0696. The average molecular weight is 267 g/mol. The van der Waals surface area contributed by atoms with Crippen molar-refractivity contribution in [2.45, 2.75) is 6.42 Å². The van der Waals surface area contributed by atoms with Crippen molar-refractivity contribution in [1.29, 1.82) is 0 Å². The van der Waals surface area contributed by atoms with Crippen LogP contribution in [0.4, 0.5) is 5.69 Å². The molecule has 0 fully saturated rings. The highest BCUT2D eigenvalue weighted by atomic mass is 16.4. The van der Waals surface area contributed by atoms with Gasteiger partial charge in [0.15, 0.2) is 0 Å². The van der Waals surface area contributed by atoms with Crippen molar-refractivity contribution >= 4 is 17.6 Å². The number of rotatable bonds is 2. The molecule has 20 heavy (non-hydrogen) atoms. The molecule has 0 aliphatic carbocycles. The number of carboxylic acid groups (broad SMARTS) is 1. The molecule has 0 aromatic heterocycles. The molecule has 0 saturated heterocycles. The Kier molecular flexibility index (Phi) is 2.99. The summed E-state index contributed by atoms with van der Waals surface area (Å²) in [6.45, 7) is 0.666. The largest absolute Gasteiger partial charge is 0.478 e. The van der Waals surface area contributed by atoms with E-state index in [1.54, 1.807) is 17.0 Å². The third-order valence-corrected chi connectivity index (χ3v) is 3.51. The lowest BCUT2D eigenvalue weighted by Gasteiger charge is -2.17. The van der Waals surface area contributed by atoms with Gasteiger partial charge in [-0.05, 0) is 42.3 Å². The maximum atomic E-state index is 12.5. The summed E-state index contributed by atoms with van der Waals surface area (Å²) in [5.41, 5.74) is 2.80. The van der Waals surface area contributed by atoms with E-state index in [4.69, 9.17) is 5.11 Å². The van der Waals surface area contributed by atoms with Gasteiger partial charge < -0.3 is 10.0 Å². The van der Waals surface area contributed by atoms with E-state index in [9.17, 15) is 9.59 Å². The number of fused-ring (bicyclic) bond motifs is 1. The van der Waals surface area contributed by atoms with Gasteiger partial charge in [0.25, 0.3) is 5.91 Å². The molecular weight excluding hydrogens is 254 g/mol. The molecule has 1 heterocycles. The summed E-state index contributed by atoms with van der Waals surface area (Å²) in [6.07, 6.45) is 0.856. The van der Waals surface area contributed by atoms with Crippen LogP contribution in [-0.2, 0) is 6.42 Å². The zero-order valence-electron chi connectivity index (χ0n) is 10.7. The number of carbonyl (C=O) groups is 2. The van der Waals surface area contributed by atoms with Gasteiger partial charge in [-0.3, -0.25) is 4.79 Å². The van der Waals surface area contributed by atoms with Crippen molar-refractivity contribution in [3.8, 4) is 0 Å². The average Bonchev–Trinajstić information content (AvgIpc) is 2.90. The van der Waals surface area contributed by atoms with Gasteiger partial charge in [-0.25, -0.2) is 4.79 Å². The highest BCUT2D eigenvalue weighted by molar-refractivity contribution is 6.07. The first-order chi connectivity index (χ1) is 9.66. The summed E-state index contributed by atoms with van der Waals surface area (Å²) < 4.78 is 0. The summed E-state index contributed by atoms with van der Waals surface area (Å²) in [4.78, 5) is 25.0. The number of anilines is 1. The summed E-state index contributed by atoms with van der Waals surface area (Å²) in [5.74, 6) is -1.08. The molecule has 4 heteroatoms. The normalized spacial score (nSPS) is 13.1. The molecule has 1 aliphatic heterocycles. The van der Waals surface area contributed by atoms with E-state index in [0.717, 1.165) is 12.1 Å². The second-order valence-corrected chi connectivity index (χ2v) is 4.72. The number of hydrogen-bond donors (Lipinski definition) is 1. The molecule has 1 aliphatic rings. The van der Waals surface area contributed by atoms with Crippen molar-refractivity contribution in [3.63, 3.8) is 0 Å². The third kappa shape index (κ3) is 2.05. The van der Waals surface area contributed by atoms with Gasteiger partial charge in [0.1, 0.15) is 0 Å². The first kappa shape index (κ1) is 12.4. The Morgan fingerprint density at radius 2 is 1.60 bits per heavy atom. The molecule has 2 aromatic rings. The highest BCUT2D eigenvalue weighted by Crippen LogP contribution is 2.28. The number of para-hydroxylation sites is 1. The summed E-state index contributed by atoms with van der Waals surface area (Å²) >= 11 is 0. The van der Waals surface area contributed by atoms with E-state index in [-0.39, 0.29) is 11.5 Å². The van der Waals surface area contributed by atoms with Crippen LogP contribution in [0.5, 0.6) is 0 Å². The Labute approximate surface area is 116 Å². The molecule has 0 atom stereocenters. The topological polar surface area (TPSA) is 57.6 Å². The van der Waals surface area contributed by atoms with Gasteiger partial charge in [0.2, 0.25) is 0 Å². The molecule has 1 amide bonds. The Balaban J connectivity index is 1.89. The van der Waals surface area contributed by atoms with Crippen LogP contribution < -0.4 is 4.90 Å². The Hall–Kier alpha value is -2.62. The van der Waals surface area contributed by atoms with Crippen molar-refractivity contribution in [2.75, 3.05) is 11.4 Å². The number of benzene rings is 2. The molecule has 0 saturated carbocycles. The lowest BCUT2D eigenvalue weighted by atomic mass is 10.1. The van der Waals surface area contributed by atoms with E-state index < -0.39 is 5.97 Å². The van der Waals surface area contributed by atoms with E-state index in [0.29, 0.717) is 12.1 Å². The van der Waals surface area contributed by atoms with E-state index >= 15 is 0 Å². The van der Waals surface area contributed by atoms with E-state index in [2.05, 4.69) is 0 Å². The van der Waals surface area contributed by atoms with E-state index in [1.807, 2.05) is 24.3 Å². The van der Waals surface area contributed by atoms with Crippen molar-refractivity contribution < 1.29 is 14.7 Å². The van der Waals surface area contributed by atoms with E-state index in [1.165, 1.54) is 17.7 Å². The van der Waals surface area contributed by atoms with Gasteiger partial charge in [0, 0.05) is 17.8 Å². The Morgan fingerprint density at radius 3 is 2.30 bits per heavy atom. The standard InChI is InChI=1S/C16H13NO3/c18-15(12-5-7-13(8-6-12)16(19)20)17-10-9-11-3-1-2-4-14(11)17/h1-8H,9-10H2,(H,19,20). The number of hydrogen-bond acceptors (Lipinski definition) is 2. The van der Waals surface area contributed by atoms with Crippen LogP contribution in [0.3, 0.4) is 0 Å². The number of carboxylic acids is 1. The maximum absolute atomic E-state index is 12.5. The number of carbonyl (C=O) groups excluding carboxylic acids is 1. The second kappa shape index (κ2) is 4.81. The number of aromatic carboxylic acids is 1. The number of amides is 1.